The molecule has 0 aliphatic rings. The highest BCUT2D eigenvalue weighted by molar-refractivity contribution is 5.61. The number of phenols is 1. The van der Waals surface area contributed by atoms with Gasteiger partial charge in [-0.2, -0.15) is 0 Å². The van der Waals surface area contributed by atoms with Gasteiger partial charge in [-0.1, -0.05) is 42.5 Å². The Morgan fingerprint density at radius 3 is 2.64 bits per heavy atom. The number of hydrogen-bond donors (Lipinski definition) is 2. The first-order valence-corrected chi connectivity index (χ1v) is 6.97. The zero-order chi connectivity index (χ0) is 15.4. The maximum atomic E-state index is 9.58. The number of hydrogen-bond acceptors (Lipinski definition) is 4. The molecule has 0 saturated carbocycles. The molecule has 5 nitrogen and oxygen atoms in total. The molecule has 0 saturated heterocycles. The van der Waals surface area contributed by atoms with E-state index in [0.717, 1.165) is 22.5 Å². The summed E-state index contributed by atoms with van der Waals surface area (Å²) in [5.41, 5.74) is 3.75. The van der Waals surface area contributed by atoms with Crippen molar-refractivity contribution < 1.29 is 9.94 Å². The molecule has 0 unspecified atom stereocenters. The average Bonchev–Trinajstić information content (AvgIpc) is 2.91. The minimum atomic E-state index is 0.248. The van der Waals surface area contributed by atoms with Crippen molar-refractivity contribution in [3.05, 3.63) is 72.2 Å². The van der Waals surface area contributed by atoms with Crippen molar-refractivity contribution in [3.63, 3.8) is 0 Å². The first-order chi connectivity index (χ1) is 10.8. The van der Waals surface area contributed by atoms with E-state index in [2.05, 4.69) is 4.98 Å². The molecule has 0 fully saturated rings. The molecular formula is C17H17N3O2. The molecule has 1 aromatic heterocycles. The second-order valence-electron chi connectivity index (χ2n) is 5.01. The van der Waals surface area contributed by atoms with Crippen LogP contribution < -0.4 is 5.90 Å². The summed E-state index contributed by atoms with van der Waals surface area (Å²) in [5.74, 6) is 5.52. The van der Waals surface area contributed by atoms with Crippen molar-refractivity contribution in [1.82, 2.24) is 9.55 Å². The molecule has 3 rings (SSSR count). The van der Waals surface area contributed by atoms with Crippen LogP contribution in [0, 0.1) is 0 Å². The van der Waals surface area contributed by atoms with E-state index in [1.165, 1.54) is 0 Å². The summed E-state index contributed by atoms with van der Waals surface area (Å²) in [6.07, 6.45) is 1.76. The Kier molecular flexibility index (Phi) is 4.18. The van der Waals surface area contributed by atoms with Crippen molar-refractivity contribution >= 4 is 0 Å². The Hall–Kier alpha value is -2.63. The topological polar surface area (TPSA) is 73.3 Å². The summed E-state index contributed by atoms with van der Waals surface area (Å²) in [6.45, 7) is 0.857. The van der Waals surface area contributed by atoms with Gasteiger partial charge < -0.3 is 9.67 Å². The molecule has 0 amide bonds. The lowest BCUT2D eigenvalue weighted by Gasteiger charge is -2.10. The first kappa shape index (κ1) is 14.3. The number of nitrogens with zero attached hydrogens (tertiary/aromatic N) is 2. The van der Waals surface area contributed by atoms with E-state index in [9.17, 15) is 5.11 Å². The van der Waals surface area contributed by atoms with Gasteiger partial charge in [0.05, 0.1) is 17.7 Å². The molecule has 0 radical (unpaired) electrons. The number of benzene rings is 2. The van der Waals surface area contributed by atoms with Crippen LogP contribution in [0.3, 0.4) is 0 Å². The molecule has 112 valence electrons. The predicted molar refractivity (Wildman–Crippen MR) is 83.8 cm³/mol. The summed E-state index contributed by atoms with van der Waals surface area (Å²) in [5, 5.41) is 9.58. The lowest BCUT2D eigenvalue weighted by atomic mass is 10.1. The fourth-order valence-corrected chi connectivity index (χ4v) is 2.46. The van der Waals surface area contributed by atoms with Gasteiger partial charge in [-0.25, -0.2) is 10.9 Å². The summed E-state index contributed by atoms with van der Waals surface area (Å²) < 4.78 is 1.98. The van der Waals surface area contributed by atoms with Crippen molar-refractivity contribution in [2.24, 2.45) is 5.90 Å². The zero-order valence-corrected chi connectivity index (χ0v) is 12.0. The minimum Gasteiger partial charge on any atom is -0.508 e. The van der Waals surface area contributed by atoms with Crippen LogP contribution in [0.4, 0.5) is 0 Å². The van der Waals surface area contributed by atoms with Crippen molar-refractivity contribution in [1.29, 1.82) is 0 Å². The third-order valence-corrected chi connectivity index (χ3v) is 3.48. The monoisotopic (exact) mass is 295 g/mol. The van der Waals surface area contributed by atoms with Crippen LogP contribution in [0.2, 0.25) is 0 Å². The Bertz CT molecular complexity index is 754. The van der Waals surface area contributed by atoms with E-state index < -0.39 is 0 Å². The molecule has 2 aromatic carbocycles. The zero-order valence-electron chi connectivity index (χ0n) is 12.0. The first-order valence-electron chi connectivity index (χ1n) is 6.97. The quantitative estimate of drug-likeness (QED) is 0.710. The standard InChI is InChI=1S/C17H17N3O2/c18-22-11-16-17(14-6-2-1-3-7-14)19-12-20(16)10-13-5-4-8-15(21)9-13/h1-9,12,21H,10-11,18H2. The lowest BCUT2D eigenvalue weighted by molar-refractivity contribution is 0.119. The molecular weight excluding hydrogens is 278 g/mol. The summed E-state index contributed by atoms with van der Waals surface area (Å²) >= 11 is 0. The highest BCUT2D eigenvalue weighted by atomic mass is 16.6. The SMILES string of the molecule is NOCc1c(-c2ccccc2)ncn1Cc1cccc(O)c1. The maximum absolute atomic E-state index is 9.58. The second kappa shape index (κ2) is 6.43. The molecule has 3 N–H and O–H groups in total. The number of rotatable bonds is 5. The van der Waals surface area contributed by atoms with Gasteiger partial charge in [0.15, 0.2) is 0 Å². The Labute approximate surface area is 128 Å². The highest BCUT2D eigenvalue weighted by Crippen LogP contribution is 2.23. The van der Waals surface area contributed by atoms with Gasteiger partial charge in [-0.05, 0) is 17.7 Å². The molecule has 0 bridgehead atoms. The third-order valence-electron chi connectivity index (χ3n) is 3.48. The van der Waals surface area contributed by atoms with E-state index >= 15 is 0 Å². The maximum Gasteiger partial charge on any atom is 0.115 e. The molecule has 0 atom stereocenters. The van der Waals surface area contributed by atoms with Crippen LogP contribution in [0.15, 0.2) is 60.9 Å². The summed E-state index contributed by atoms with van der Waals surface area (Å²) in [7, 11) is 0. The second-order valence-corrected chi connectivity index (χ2v) is 5.01. The largest absolute Gasteiger partial charge is 0.508 e. The van der Waals surface area contributed by atoms with Gasteiger partial charge in [-0.15, -0.1) is 0 Å². The molecule has 0 aliphatic carbocycles. The minimum absolute atomic E-state index is 0.248. The Morgan fingerprint density at radius 2 is 1.91 bits per heavy atom. The average molecular weight is 295 g/mol. The number of imidazole rings is 1. The van der Waals surface area contributed by atoms with E-state index in [0.29, 0.717) is 6.54 Å². The molecule has 0 spiro atoms. The number of aromatic hydroxyl groups is 1. The van der Waals surface area contributed by atoms with Gasteiger partial charge >= 0.3 is 0 Å². The number of phenolic OH excluding ortho intramolecular Hbond substituents is 1. The lowest BCUT2D eigenvalue weighted by Crippen LogP contribution is -2.08. The number of aromatic nitrogens is 2. The van der Waals surface area contributed by atoms with Crippen LogP contribution in [-0.2, 0) is 18.0 Å². The smallest absolute Gasteiger partial charge is 0.115 e. The van der Waals surface area contributed by atoms with Crippen LogP contribution >= 0.6 is 0 Å². The van der Waals surface area contributed by atoms with E-state index in [-0.39, 0.29) is 12.4 Å². The Balaban J connectivity index is 1.96. The summed E-state index contributed by atoms with van der Waals surface area (Å²) in [4.78, 5) is 9.33. The van der Waals surface area contributed by atoms with Gasteiger partial charge in [0.1, 0.15) is 12.4 Å². The normalized spacial score (nSPS) is 10.8. The predicted octanol–water partition coefficient (Wildman–Crippen LogP) is 2.69. The van der Waals surface area contributed by atoms with Crippen molar-refractivity contribution in [2.45, 2.75) is 13.2 Å². The van der Waals surface area contributed by atoms with E-state index in [1.54, 1.807) is 18.5 Å². The van der Waals surface area contributed by atoms with Crippen LogP contribution in [-0.4, -0.2) is 14.7 Å². The molecule has 3 aromatic rings. The van der Waals surface area contributed by atoms with Gasteiger partial charge in [0, 0.05) is 12.1 Å². The molecule has 1 heterocycles. The molecule has 22 heavy (non-hydrogen) atoms. The van der Waals surface area contributed by atoms with Gasteiger partial charge in [-0.3, -0.25) is 4.84 Å². The Morgan fingerprint density at radius 1 is 1.09 bits per heavy atom. The van der Waals surface area contributed by atoms with E-state index in [4.69, 9.17) is 10.7 Å². The van der Waals surface area contributed by atoms with E-state index in [1.807, 2.05) is 47.0 Å². The summed E-state index contributed by atoms with van der Waals surface area (Å²) in [6, 6.07) is 17.1. The molecule has 5 heteroatoms. The fraction of sp³-hybridized carbons (Fsp3) is 0.118. The van der Waals surface area contributed by atoms with Gasteiger partial charge in [0.25, 0.3) is 0 Å². The molecule has 0 aliphatic heterocycles. The fourth-order valence-electron chi connectivity index (χ4n) is 2.46. The van der Waals surface area contributed by atoms with Crippen molar-refractivity contribution in [2.75, 3.05) is 0 Å². The number of nitrogens with two attached hydrogens (primary N) is 1. The third kappa shape index (κ3) is 3.00. The highest BCUT2D eigenvalue weighted by Gasteiger charge is 2.13. The van der Waals surface area contributed by atoms with Gasteiger partial charge in [0.2, 0.25) is 0 Å². The van der Waals surface area contributed by atoms with Crippen LogP contribution in [0.25, 0.3) is 11.3 Å². The van der Waals surface area contributed by atoms with Crippen LogP contribution in [0.1, 0.15) is 11.3 Å². The van der Waals surface area contributed by atoms with Crippen molar-refractivity contribution in [3.8, 4) is 17.0 Å². The van der Waals surface area contributed by atoms with Crippen LogP contribution in [0.5, 0.6) is 5.75 Å².